The van der Waals surface area contributed by atoms with Crippen LogP contribution in [0.2, 0.25) is 10.0 Å². The molecule has 9 nitrogen and oxygen atoms in total. The van der Waals surface area contributed by atoms with Crippen molar-refractivity contribution in [1.82, 2.24) is 4.90 Å². The molecule has 0 bridgehead atoms. The van der Waals surface area contributed by atoms with Crippen LogP contribution in [0.3, 0.4) is 0 Å². The predicted molar refractivity (Wildman–Crippen MR) is 156 cm³/mol. The van der Waals surface area contributed by atoms with Crippen molar-refractivity contribution in [3.8, 4) is 11.5 Å². The Bertz CT molecular complexity index is 1160. The van der Waals surface area contributed by atoms with E-state index in [1.165, 1.54) is 6.92 Å². The van der Waals surface area contributed by atoms with E-state index in [1.54, 1.807) is 12.1 Å². The van der Waals surface area contributed by atoms with E-state index in [0.717, 1.165) is 31.1 Å². The quantitative estimate of drug-likeness (QED) is 0.189. The molecule has 0 spiro atoms. The van der Waals surface area contributed by atoms with Gasteiger partial charge < -0.3 is 28.8 Å². The van der Waals surface area contributed by atoms with Crippen molar-refractivity contribution in [2.24, 2.45) is 0 Å². The Balaban J connectivity index is 1.68. The molecule has 1 aliphatic rings. The Labute approximate surface area is 255 Å². The van der Waals surface area contributed by atoms with Gasteiger partial charge in [-0.1, -0.05) is 49.2 Å². The van der Waals surface area contributed by atoms with Crippen molar-refractivity contribution in [2.75, 3.05) is 51.9 Å². The summed E-state index contributed by atoms with van der Waals surface area (Å²) in [6.07, 6.45) is -0.402. The molecule has 226 valence electrons. The van der Waals surface area contributed by atoms with Gasteiger partial charge in [0.05, 0.1) is 29.1 Å². The average Bonchev–Trinajstić information content (AvgIpc) is 2.91. The molecular formula is C29H36Cl3NO8. The summed E-state index contributed by atoms with van der Waals surface area (Å²) in [7, 11) is 0. The predicted octanol–water partition coefficient (Wildman–Crippen LogP) is 4.83. The molecule has 1 saturated heterocycles. The van der Waals surface area contributed by atoms with Gasteiger partial charge in [-0.2, -0.15) is 0 Å². The van der Waals surface area contributed by atoms with Gasteiger partial charge >= 0.3 is 11.9 Å². The monoisotopic (exact) mass is 631 g/mol. The number of aliphatic hydroxyl groups is 1. The van der Waals surface area contributed by atoms with Crippen LogP contribution in [0.5, 0.6) is 11.5 Å². The number of carbonyl (C=O) groups excluding carboxylic acids is 2. The zero-order chi connectivity index (χ0) is 30.2. The van der Waals surface area contributed by atoms with Crippen molar-refractivity contribution in [3.63, 3.8) is 0 Å². The second-order valence-electron chi connectivity index (χ2n) is 10.3. The maximum Gasteiger partial charge on any atom is 0.305 e. The van der Waals surface area contributed by atoms with E-state index in [0.29, 0.717) is 25.5 Å². The lowest BCUT2D eigenvalue weighted by Gasteiger charge is -2.30. The van der Waals surface area contributed by atoms with Crippen LogP contribution >= 0.6 is 34.8 Å². The van der Waals surface area contributed by atoms with Crippen molar-refractivity contribution < 1.29 is 38.4 Å². The fourth-order valence-corrected chi connectivity index (χ4v) is 5.09. The normalized spacial score (nSPS) is 16.4. The van der Waals surface area contributed by atoms with E-state index in [9.17, 15) is 14.7 Å². The molecule has 2 aromatic carbocycles. The molecule has 0 aliphatic carbocycles. The van der Waals surface area contributed by atoms with E-state index >= 15 is 0 Å². The summed E-state index contributed by atoms with van der Waals surface area (Å²) >= 11 is 18.8. The van der Waals surface area contributed by atoms with Crippen LogP contribution in [0.4, 0.5) is 0 Å². The Kier molecular flexibility index (Phi) is 12.0. The topological polar surface area (TPSA) is 104 Å². The number of halogens is 3. The van der Waals surface area contributed by atoms with Crippen LogP contribution in [0, 0.1) is 0 Å². The molecule has 0 unspecified atom stereocenters. The lowest BCUT2D eigenvalue weighted by molar-refractivity contribution is -0.207. The number of rotatable bonds is 13. The number of hydrogen-bond acceptors (Lipinski definition) is 9. The zero-order valence-electron chi connectivity index (χ0n) is 23.6. The van der Waals surface area contributed by atoms with Gasteiger partial charge in [0.15, 0.2) is 12.4 Å². The number of alkyl halides is 1. The van der Waals surface area contributed by atoms with Gasteiger partial charge in [-0.05, 0) is 35.4 Å². The summed E-state index contributed by atoms with van der Waals surface area (Å²) < 4.78 is 27.3. The molecule has 1 aliphatic heterocycles. The van der Waals surface area contributed by atoms with Crippen LogP contribution in [0.1, 0.15) is 38.8 Å². The van der Waals surface area contributed by atoms with Crippen LogP contribution in [0.25, 0.3) is 0 Å². The molecular weight excluding hydrogens is 597 g/mol. The highest BCUT2D eigenvalue weighted by Crippen LogP contribution is 2.41. The first-order chi connectivity index (χ1) is 19.3. The molecule has 0 aromatic heterocycles. The zero-order valence-corrected chi connectivity index (χ0v) is 25.9. The maximum atomic E-state index is 11.6. The Hall–Kier alpha value is -2.27. The van der Waals surface area contributed by atoms with Crippen LogP contribution in [0.15, 0.2) is 36.4 Å². The van der Waals surface area contributed by atoms with Gasteiger partial charge in [-0.15, -0.1) is 11.6 Å². The van der Waals surface area contributed by atoms with E-state index in [1.807, 2.05) is 38.1 Å². The van der Waals surface area contributed by atoms with E-state index < -0.39 is 35.8 Å². The van der Waals surface area contributed by atoms with Crippen molar-refractivity contribution >= 4 is 46.7 Å². The van der Waals surface area contributed by atoms with Crippen molar-refractivity contribution in [1.29, 1.82) is 0 Å². The fourth-order valence-electron chi connectivity index (χ4n) is 4.36. The molecule has 0 amide bonds. The van der Waals surface area contributed by atoms with E-state index in [-0.39, 0.29) is 28.4 Å². The molecule has 1 heterocycles. The van der Waals surface area contributed by atoms with Gasteiger partial charge in [-0.25, -0.2) is 0 Å². The Morgan fingerprint density at radius 3 is 2.15 bits per heavy atom. The van der Waals surface area contributed by atoms with Crippen LogP contribution in [-0.2, 0) is 29.2 Å². The molecule has 1 fully saturated rings. The maximum absolute atomic E-state index is 11.6. The number of carbonyl (C=O) groups is 2. The van der Waals surface area contributed by atoms with Gasteiger partial charge in [0, 0.05) is 38.9 Å². The summed E-state index contributed by atoms with van der Waals surface area (Å²) in [5, 5.41) is 10.8. The van der Waals surface area contributed by atoms with E-state index in [2.05, 4.69) is 4.90 Å². The van der Waals surface area contributed by atoms with Gasteiger partial charge in [-0.3, -0.25) is 14.5 Å². The highest BCUT2D eigenvalue weighted by Gasteiger charge is 2.32. The number of benzene rings is 2. The summed E-state index contributed by atoms with van der Waals surface area (Å²) in [6.45, 7) is 9.82. The third kappa shape index (κ3) is 9.63. The van der Waals surface area contributed by atoms with Gasteiger partial charge in [0.25, 0.3) is 5.79 Å². The third-order valence-electron chi connectivity index (χ3n) is 6.61. The molecule has 0 saturated carbocycles. The van der Waals surface area contributed by atoms with Crippen molar-refractivity contribution in [3.05, 3.63) is 57.6 Å². The number of morpholine rings is 1. The molecule has 41 heavy (non-hydrogen) atoms. The first-order valence-electron chi connectivity index (χ1n) is 13.1. The fraction of sp³-hybridized carbons (Fsp3) is 0.517. The lowest BCUT2D eigenvalue weighted by Crippen LogP contribution is -2.43. The first kappa shape index (κ1) is 33.2. The Morgan fingerprint density at radius 1 is 1.00 bits per heavy atom. The van der Waals surface area contributed by atoms with Crippen molar-refractivity contribution in [2.45, 2.75) is 45.0 Å². The number of nitrogens with zero attached hydrogens (tertiary/aromatic N) is 1. The molecule has 2 atom stereocenters. The van der Waals surface area contributed by atoms with E-state index in [4.69, 9.17) is 58.5 Å². The lowest BCUT2D eigenvalue weighted by atomic mass is 9.78. The van der Waals surface area contributed by atoms with Crippen LogP contribution in [-0.4, -0.2) is 85.8 Å². The number of esters is 2. The van der Waals surface area contributed by atoms with Gasteiger partial charge in [0.1, 0.15) is 18.5 Å². The average molecular weight is 633 g/mol. The SMILES string of the molecule is CC(=O)O[C@@H](COc1ccc(C(C)(C)c2cc(Cl)c(OC[C@](O)(CCl)OC(C)=O)c(Cl)c2)cc1)CN1CCOCC1. The minimum atomic E-state index is -2.03. The summed E-state index contributed by atoms with van der Waals surface area (Å²) in [4.78, 5) is 25.1. The molecule has 2 aromatic rings. The minimum Gasteiger partial charge on any atom is -0.490 e. The summed E-state index contributed by atoms with van der Waals surface area (Å²) in [5.74, 6) is -2.71. The summed E-state index contributed by atoms with van der Waals surface area (Å²) in [6, 6.07) is 11.1. The Morgan fingerprint density at radius 2 is 1.61 bits per heavy atom. The highest BCUT2D eigenvalue weighted by molar-refractivity contribution is 6.37. The third-order valence-corrected chi connectivity index (χ3v) is 7.59. The molecule has 0 radical (unpaired) electrons. The summed E-state index contributed by atoms with van der Waals surface area (Å²) in [5.41, 5.74) is 1.29. The number of ether oxygens (including phenoxy) is 5. The van der Waals surface area contributed by atoms with Crippen LogP contribution < -0.4 is 9.47 Å². The molecule has 1 N–H and O–H groups in total. The standard InChI is InChI=1S/C29H36Cl3NO8/c1-19(34)40-24(15-33-9-11-37-12-10-33)16-38-23-7-5-21(6-8-23)28(3,4)22-13-25(31)27(26(32)14-22)39-18-29(36,17-30)41-20(2)35/h5-8,13-14,24,36H,9-12,15-18H2,1-4H3/t24-,29+/m1/s1. The number of hydrogen-bond donors (Lipinski definition) is 1. The molecule has 3 rings (SSSR count). The second kappa shape index (κ2) is 14.8. The minimum absolute atomic E-state index is 0.131. The smallest absolute Gasteiger partial charge is 0.305 e. The largest absolute Gasteiger partial charge is 0.490 e. The first-order valence-corrected chi connectivity index (χ1v) is 14.4. The van der Waals surface area contributed by atoms with Gasteiger partial charge in [0.2, 0.25) is 0 Å². The second-order valence-corrected chi connectivity index (χ2v) is 11.4. The highest BCUT2D eigenvalue weighted by atomic mass is 35.5. The molecule has 12 heteroatoms.